The highest BCUT2D eigenvalue weighted by Crippen LogP contribution is 2.25. The van der Waals surface area contributed by atoms with Gasteiger partial charge in [0.2, 0.25) is 5.91 Å². The summed E-state index contributed by atoms with van der Waals surface area (Å²) < 4.78 is 27.5. The van der Waals surface area contributed by atoms with Gasteiger partial charge >= 0.3 is 0 Å². The molecule has 1 N–H and O–H groups in total. The van der Waals surface area contributed by atoms with E-state index in [1.165, 1.54) is 6.07 Å². The summed E-state index contributed by atoms with van der Waals surface area (Å²) in [6.45, 7) is 2.04. The van der Waals surface area contributed by atoms with Gasteiger partial charge in [0.05, 0.1) is 13.0 Å². The molecular formula is C11H14ClNO4S2. The van der Waals surface area contributed by atoms with Crippen molar-refractivity contribution in [3.8, 4) is 0 Å². The van der Waals surface area contributed by atoms with Gasteiger partial charge in [0.25, 0.3) is 9.05 Å². The number of nitrogens with one attached hydrogen (secondary N) is 1. The van der Waals surface area contributed by atoms with Crippen LogP contribution in [0.2, 0.25) is 0 Å². The van der Waals surface area contributed by atoms with Gasteiger partial charge in [-0.3, -0.25) is 4.79 Å². The highest BCUT2D eigenvalue weighted by molar-refractivity contribution is 8.15. The van der Waals surface area contributed by atoms with E-state index in [9.17, 15) is 13.2 Å². The number of rotatable bonds is 5. The van der Waals surface area contributed by atoms with E-state index in [1.54, 1.807) is 6.07 Å². The quantitative estimate of drug-likeness (QED) is 0.831. The molecule has 2 heterocycles. The second-order valence-electron chi connectivity index (χ2n) is 4.37. The maximum atomic E-state index is 11.7. The molecule has 1 unspecified atom stereocenters. The average Bonchev–Trinajstić information content (AvgIpc) is 2.95. The van der Waals surface area contributed by atoms with Gasteiger partial charge in [-0.1, -0.05) is 0 Å². The van der Waals surface area contributed by atoms with Crippen LogP contribution in [0.25, 0.3) is 0 Å². The Morgan fingerprint density at radius 1 is 1.53 bits per heavy atom. The summed E-state index contributed by atoms with van der Waals surface area (Å²) in [6, 6.07) is 3.03. The minimum absolute atomic E-state index is 0.0705. The second-order valence-corrected chi connectivity index (χ2v) is 8.33. The van der Waals surface area contributed by atoms with E-state index in [0.717, 1.165) is 24.4 Å². The largest absolute Gasteiger partial charge is 0.381 e. The number of hydrogen-bond acceptors (Lipinski definition) is 5. The monoisotopic (exact) mass is 323 g/mol. The van der Waals surface area contributed by atoms with Gasteiger partial charge in [0.15, 0.2) is 0 Å². The fourth-order valence-corrected chi connectivity index (χ4v) is 3.93. The first-order valence-corrected chi connectivity index (χ1v) is 8.95. The third-order valence-electron chi connectivity index (χ3n) is 2.82. The molecule has 0 spiro atoms. The van der Waals surface area contributed by atoms with Crippen LogP contribution in [0.5, 0.6) is 0 Å². The molecule has 0 aliphatic carbocycles. The number of carbonyl (C=O) groups is 1. The standard InChI is InChI=1S/C11H14ClNO4S2/c12-19(15,16)11-2-1-9(18-11)5-10(14)13-6-8-3-4-17-7-8/h1-2,8H,3-7H2,(H,13,14). The van der Waals surface area contributed by atoms with E-state index in [2.05, 4.69) is 5.32 Å². The van der Waals surface area contributed by atoms with E-state index in [4.69, 9.17) is 15.4 Å². The molecular weight excluding hydrogens is 310 g/mol. The van der Waals surface area contributed by atoms with Gasteiger partial charge in [-0.25, -0.2) is 8.42 Å². The van der Waals surface area contributed by atoms with Crippen molar-refractivity contribution < 1.29 is 17.9 Å². The van der Waals surface area contributed by atoms with Crippen molar-refractivity contribution in [3.63, 3.8) is 0 Å². The Morgan fingerprint density at radius 2 is 2.32 bits per heavy atom. The molecule has 1 aromatic heterocycles. The van der Waals surface area contributed by atoms with Crippen molar-refractivity contribution in [2.45, 2.75) is 17.1 Å². The summed E-state index contributed by atoms with van der Waals surface area (Å²) in [5, 5.41) is 2.83. The number of thiophene rings is 1. The first-order chi connectivity index (χ1) is 8.95. The van der Waals surface area contributed by atoms with E-state index < -0.39 is 9.05 Å². The Morgan fingerprint density at radius 3 is 2.89 bits per heavy atom. The van der Waals surface area contributed by atoms with E-state index in [-0.39, 0.29) is 16.5 Å². The lowest BCUT2D eigenvalue weighted by Crippen LogP contribution is -2.30. The third kappa shape index (κ3) is 4.45. The SMILES string of the molecule is O=C(Cc1ccc(S(=O)(=O)Cl)s1)NCC1CCOC1. The van der Waals surface area contributed by atoms with Gasteiger partial charge in [-0.2, -0.15) is 0 Å². The zero-order chi connectivity index (χ0) is 13.9. The second kappa shape index (κ2) is 6.21. The summed E-state index contributed by atoms with van der Waals surface area (Å²) in [6.07, 6.45) is 1.14. The number of amides is 1. The predicted octanol–water partition coefficient (Wildman–Crippen LogP) is 1.37. The summed E-state index contributed by atoms with van der Waals surface area (Å²) in [5.74, 6) is 0.262. The topological polar surface area (TPSA) is 72.5 Å². The van der Waals surface area contributed by atoms with E-state index in [1.807, 2.05) is 0 Å². The highest BCUT2D eigenvalue weighted by atomic mass is 35.7. The van der Waals surface area contributed by atoms with Crippen LogP contribution in [0, 0.1) is 5.92 Å². The van der Waals surface area contributed by atoms with Crippen molar-refractivity contribution in [1.82, 2.24) is 5.32 Å². The normalized spacial score (nSPS) is 19.5. The molecule has 8 heteroatoms. The van der Waals surface area contributed by atoms with E-state index >= 15 is 0 Å². The number of hydrogen-bond donors (Lipinski definition) is 1. The van der Waals surface area contributed by atoms with Gasteiger partial charge in [-0.15, -0.1) is 11.3 Å². The van der Waals surface area contributed by atoms with Gasteiger partial charge in [-0.05, 0) is 18.6 Å². The Kier molecular flexibility index (Phi) is 4.83. The van der Waals surface area contributed by atoms with Gasteiger partial charge in [0, 0.05) is 34.6 Å². The maximum absolute atomic E-state index is 11.7. The molecule has 5 nitrogen and oxygen atoms in total. The van der Waals surface area contributed by atoms with Crippen LogP contribution in [0.15, 0.2) is 16.3 Å². The van der Waals surface area contributed by atoms with E-state index in [0.29, 0.717) is 23.9 Å². The van der Waals surface area contributed by atoms with Crippen LogP contribution in [0.3, 0.4) is 0 Å². The predicted molar refractivity (Wildman–Crippen MR) is 73.0 cm³/mol. The van der Waals surface area contributed by atoms with Crippen LogP contribution in [0.1, 0.15) is 11.3 Å². The van der Waals surface area contributed by atoms with Crippen LogP contribution in [0.4, 0.5) is 0 Å². The number of carbonyl (C=O) groups excluding carboxylic acids is 1. The Hall–Kier alpha value is -0.630. The molecule has 1 fully saturated rings. The molecule has 1 saturated heterocycles. The molecule has 1 aliphatic rings. The van der Waals surface area contributed by atoms with Gasteiger partial charge < -0.3 is 10.1 Å². The molecule has 19 heavy (non-hydrogen) atoms. The van der Waals surface area contributed by atoms with Crippen LogP contribution >= 0.6 is 22.0 Å². The Bertz CT molecular complexity index is 549. The lowest BCUT2D eigenvalue weighted by Gasteiger charge is -2.08. The van der Waals surface area contributed by atoms with Crippen molar-refractivity contribution in [1.29, 1.82) is 0 Å². The maximum Gasteiger partial charge on any atom is 0.270 e. The number of ether oxygens (including phenoxy) is 1. The van der Waals surface area contributed by atoms with Crippen molar-refractivity contribution in [2.24, 2.45) is 5.92 Å². The zero-order valence-corrected chi connectivity index (χ0v) is 12.5. The fourth-order valence-electron chi connectivity index (χ4n) is 1.81. The molecule has 0 bridgehead atoms. The minimum Gasteiger partial charge on any atom is -0.381 e. The van der Waals surface area contributed by atoms with Gasteiger partial charge in [0.1, 0.15) is 4.21 Å². The molecule has 0 saturated carbocycles. The summed E-state index contributed by atoms with van der Waals surface area (Å²) in [4.78, 5) is 12.4. The first kappa shape index (κ1) is 14.8. The third-order valence-corrected chi connectivity index (χ3v) is 6.00. The van der Waals surface area contributed by atoms with Crippen LogP contribution < -0.4 is 5.32 Å². The lowest BCUT2D eigenvalue weighted by molar-refractivity contribution is -0.120. The molecule has 1 atom stereocenters. The Labute approximate surface area is 120 Å². The first-order valence-electron chi connectivity index (χ1n) is 5.83. The van der Waals surface area contributed by atoms with Crippen molar-refractivity contribution in [3.05, 3.63) is 17.0 Å². The summed E-state index contributed by atoms with van der Waals surface area (Å²) >= 11 is 1.02. The van der Waals surface area contributed by atoms with Crippen LogP contribution in [-0.2, 0) is 25.0 Å². The highest BCUT2D eigenvalue weighted by Gasteiger charge is 2.17. The molecule has 0 radical (unpaired) electrons. The molecule has 2 rings (SSSR count). The average molecular weight is 324 g/mol. The molecule has 106 valence electrons. The minimum atomic E-state index is -3.70. The summed E-state index contributed by atoms with van der Waals surface area (Å²) in [5.41, 5.74) is 0. The molecule has 1 aliphatic heterocycles. The zero-order valence-electron chi connectivity index (χ0n) is 10.1. The van der Waals surface area contributed by atoms with Crippen molar-refractivity contribution >= 4 is 37.0 Å². The van der Waals surface area contributed by atoms with Crippen molar-refractivity contribution in [2.75, 3.05) is 19.8 Å². The molecule has 1 aromatic rings. The molecule has 0 aromatic carbocycles. The smallest absolute Gasteiger partial charge is 0.270 e. The molecule has 1 amide bonds. The van der Waals surface area contributed by atoms with Crippen LogP contribution in [-0.4, -0.2) is 34.1 Å². The fraction of sp³-hybridized carbons (Fsp3) is 0.545. The summed E-state index contributed by atoms with van der Waals surface area (Å²) in [7, 11) is 1.52. The number of halogens is 1. The Balaban J connectivity index is 1.83. The lowest BCUT2D eigenvalue weighted by atomic mass is 10.1.